The fourth-order valence-corrected chi connectivity index (χ4v) is 3.95. The summed E-state index contributed by atoms with van der Waals surface area (Å²) in [5.74, 6) is -2.86. The Morgan fingerprint density at radius 3 is 2.08 bits per heavy atom. The first kappa shape index (κ1) is 12.2. The average molecular weight is 216 g/mol. The van der Waals surface area contributed by atoms with Gasteiger partial charge in [0, 0.05) is 21.7 Å². The van der Waals surface area contributed by atoms with Gasteiger partial charge in [0.25, 0.3) is 5.97 Å². The van der Waals surface area contributed by atoms with Crippen molar-refractivity contribution in [3.8, 4) is 0 Å². The molecule has 0 aromatic rings. The van der Waals surface area contributed by atoms with Crippen LogP contribution >= 0.6 is 7.60 Å². The maximum absolute atomic E-state index is 10.3. The van der Waals surface area contributed by atoms with Gasteiger partial charge in [-0.05, 0) is 0 Å². The second-order valence-corrected chi connectivity index (χ2v) is 7.15. The molecule has 6 nitrogen and oxygen atoms in total. The molecule has 0 fully saturated rings. The lowest BCUT2D eigenvalue weighted by molar-refractivity contribution is -0.311. The van der Waals surface area contributed by atoms with Crippen molar-refractivity contribution in [2.45, 2.75) is 18.4 Å². The summed E-state index contributed by atoms with van der Waals surface area (Å²) in [6.07, 6.45) is -0.251. The molecule has 0 aliphatic heterocycles. The minimum absolute atomic E-state index is 0.164. The van der Waals surface area contributed by atoms with Crippen LogP contribution in [0.15, 0.2) is 0 Å². The molecule has 0 aliphatic rings. The van der Waals surface area contributed by atoms with Gasteiger partial charge in [0.1, 0.15) is 0 Å². The lowest BCUT2D eigenvalue weighted by atomic mass is 10.4. The molecule has 0 rings (SSSR count). The number of aliphatic hydroxyl groups is 3. The predicted molar refractivity (Wildman–Crippen MR) is 44.3 cm³/mol. The molecule has 0 radical (unpaired) electrons. The van der Waals surface area contributed by atoms with E-state index in [2.05, 4.69) is 0 Å². The molecule has 0 spiro atoms. The Bertz CT molecular complexity index is 171. The van der Waals surface area contributed by atoms with Gasteiger partial charge in [-0.1, -0.05) is 6.04 Å². The summed E-state index contributed by atoms with van der Waals surface area (Å²) < 4.78 is 10.3. The molecule has 8 heteroatoms. The van der Waals surface area contributed by atoms with Gasteiger partial charge in [0.2, 0.25) is 0 Å². The molecular formula is C4H13O6PSi. The largest absolute Gasteiger partial charge is 0.344 e. The van der Waals surface area contributed by atoms with Crippen LogP contribution < -0.4 is 0 Å². The maximum atomic E-state index is 10.3. The molecule has 0 aromatic carbocycles. The molecule has 5 N–H and O–H groups in total. The van der Waals surface area contributed by atoms with Crippen molar-refractivity contribution in [1.29, 1.82) is 0 Å². The second kappa shape index (κ2) is 4.47. The van der Waals surface area contributed by atoms with E-state index in [1.807, 2.05) is 0 Å². The molecule has 0 saturated heterocycles. The number of rotatable bonds is 5. The molecule has 0 unspecified atom stereocenters. The Hall–Kier alpha value is 0.247. The van der Waals surface area contributed by atoms with Gasteiger partial charge in [-0.2, -0.15) is 0 Å². The highest BCUT2D eigenvalue weighted by molar-refractivity contribution is 7.53. The third-order valence-electron chi connectivity index (χ3n) is 1.21. The van der Waals surface area contributed by atoms with E-state index < -0.39 is 23.1 Å². The summed E-state index contributed by atoms with van der Waals surface area (Å²) in [7, 11) is -4.95. The zero-order chi connectivity index (χ0) is 9.83. The van der Waals surface area contributed by atoms with Crippen LogP contribution in [0.25, 0.3) is 0 Å². The predicted octanol–water partition coefficient (Wildman–Crippen LogP) is -2.27. The number of hydrogen-bond acceptors (Lipinski definition) is 4. The van der Waals surface area contributed by atoms with Crippen molar-refractivity contribution in [2.75, 3.05) is 5.79 Å². The average Bonchev–Trinajstić information content (AvgIpc) is 1.76. The molecule has 0 heterocycles. The Morgan fingerprint density at radius 2 is 1.75 bits per heavy atom. The van der Waals surface area contributed by atoms with Crippen LogP contribution in [0.3, 0.4) is 0 Å². The summed E-state index contributed by atoms with van der Waals surface area (Å²) in [6.45, 7) is 0. The summed E-state index contributed by atoms with van der Waals surface area (Å²) in [5.41, 5.74) is 0. The summed E-state index contributed by atoms with van der Waals surface area (Å²) in [6, 6.07) is 0.286. The maximum Gasteiger partial charge on any atom is 0.322 e. The van der Waals surface area contributed by atoms with Crippen LogP contribution in [-0.4, -0.2) is 46.4 Å². The van der Waals surface area contributed by atoms with Crippen molar-refractivity contribution >= 4 is 17.1 Å². The van der Waals surface area contributed by atoms with Gasteiger partial charge < -0.3 is 25.1 Å². The Labute approximate surface area is 71.8 Å². The molecule has 12 heavy (non-hydrogen) atoms. The fraction of sp³-hybridized carbons (Fsp3) is 1.00. The highest BCUT2D eigenvalue weighted by atomic mass is 31.2. The van der Waals surface area contributed by atoms with E-state index in [1.165, 1.54) is 0 Å². The SMILES string of the molecule is O=P(O)(O)C[SiH2]CCC(O)(O)O. The highest BCUT2D eigenvalue weighted by Gasteiger charge is 2.18. The minimum Gasteiger partial charge on any atom is -0.344 e. The fourth-order valence-electron chi connectivity index (χ4n) is 0.680. The van der Waals surface area contributed by atoms with Crippen LogP contribution in [0.4, 0.5) is 0 Å². The van der Waals surface area contributed by atoms with Crippen molar-refractivity contribution in [3.05, 3.63) is 0 Å². The summed E-state index contributed by atoms with van der Waals surface area (Å²) in [5, 5.41) is 25.2. The lowest BCUT2D eigenvalue weighted by Crippen LogP contribution is -2.27. The normalized spacial score (nSPS) is 14.4. The van der Waals surface area contributed by atoms with E-state index in [0.717, 1.165) is 0 Å². The van der Waals surface area contributed by atoms with E-state index in [4.69, 9.17) is 25.1 Å². The van der Waals surface area contributed by atoms with E-state index in [-0.39, 0.29) is 18.3 Å². The summed E-state index contributed by atoms with van der Waals surface area (Å²) >= 11 is 0. The standard InChI is InChI=1S/C4H13O6PSi/c5-4(6,7)1-2-12-3-11(8,9)10/h5-7H,1-3,12H2,(H2,8,9,10). The Kier molecular flexibility index (Phi) is 4.57. The van der Waals surface area contributed by atoms with Crippen molar-refractivity contribution in [1.82, 2.24) is 0 Å². The molecular weight excluding hydrogens is 203 g/mol. The van der Waals surface area contributed by atoms with Gasteiger partial charge in [0.05, 0.1) is 0 Å². The van der Waals surface area contributed by atoms with E-state index in [0.29, 0.717) is 0 Å². The van der Waals surface area contributed by atoms with E-state index >= 15 is 0 Å². The monoisotopic (exact) mass is 216 g/mol. The van der Waals surface area contributed by atoms with Crippen LogP contribution in [0.1, 0.15) is 6.42 Å². The van der Waals surface area contributed by atoms with Crippen LogP contribution in [0, 0.1) is 0 Å². The Morgan fingerprint density at radius 1 is 1.25 bits per heavy atom. The summed E-state index contributed by atoms with van der Waals surface area (Å²) in [4.78, 5) is 16.8. The third kappa shape index (κ3) is 10.2. The molecule has 0 amide bonds. The lowest BCUT2D eigenvalue weighted by Gasteiger charge is -2.12. The van der Waals surface area contributed by atoms with Gasteiger partial charge in [-0.15, -0.1) is 0 Å². The van der Waals surface area contributed by atoms with Crippen molar-refractivity contribution in [2.24, 2.45) is 0 Å². The van der Waals surface area contributed by atoms with Crippen LogP contribution in [0.5, 0.6) is 0 Å². The van der Waals surface area contributed by atoms with Gasteiger partial charge in [-0.3, -0.25) is 4.57 Å². The van der Waals surface area contributed by atoms with Crippen molar-refractivity contribution < 1.29 is 29.7 Å². The van der Waals surface area contributed by atoms with E-state index in [9.17, 15) is 4.57 Å². The van der Waals surface area contributed by atoms with Crippen LogP contribution in [-0.2, 0) is 4.57 Å². The smallest absolute Gasteiger partial charge is 0.322 e. The molecule has 0 saturated carbocycles. The quantitative estimate of drug-likeness (QED) is 0.153. The zero-order valence-electron chi connectivity index (χ0n) is 6.42. The Balaban J connectivity index is 3.41. The van der Waals surface area contributed by atoms with Gasteiger partial charge >= 0.3 is 7.60 Å². The van der Waals surface area contributed by atoms with E-state index in [1.54, 1.807) is 0 Å². The first-order valence-electron chi connectivity index (χ1n) is 3.42. The number of hydrogen-bond donors (Lipinski definition) is 5. The van der Waals surface area contributed by atoms with Gasteiger partial charge in [0.15, 0.2) is 0 Å². The zero-order valence-corrected chi connectivity index (χ0v) is 8.73. The molecule has 74 valence electrons. The second-order valence-electron chi connectivity index (χ2n) is 2.62. The molecule has 0 atom stereocenters. The third-order valence-corrected chi connectivity index (χ3v) is 5.66. The van der Waals surface area contributed by atoms with Crippen LogP contribution in [0.2, 0.25) is 6.04 Å². The minimum atomic E-state index is -3.93. The highest BCUT2D eigenvalue weighted by Crippen LogP contribution is 2.33. The van der Waals surface area contributed by atoms with Gasteiger partial charge in [-0.25, -0.2) is 0 Å². The van der Waals surface area contributed by atoms with Crippen molar-refractivity contribution in [3.63, 3.8) is 0 Å². The molecule has 0 aromatic heterocycles. The first-order valence-corrected chi connectivity index (χ1v) is 7.22. The molecule has 0 aliphatic carbocycles. The first-order chi connectivity index (χ1) is 5.21. The topological polar surface area (TPSA) is 118 Å². The molecule has 0 bridgehead atoms.